The van der Waals surface area contributed by atoms with Gasteiger partial charge in [-0.15, -0.1) is 0 Å². The first-order chi connectivity index (χ1) is 6.40. The van der Waals surface area contributed by atoms with Crippen molar-refractivity contribution in [2.45, 2.75) is 46.1 Å². The second-order valence-corrected chi connectivity index (χ2v) is 4.87. The van der Waals surface area contributed by atoms with Crippen LogP contribution in [0, 0.1) is 11.3 Å². The first-order valence-corrected chi connectivity index (χ1v) is 5.29. The lowest BCUT2D eigenvalue weighted by atomic mass is 9.64. The number of carbonyl (C=O) groups is 1. The Balaban J connectivity index is 2.94. The summed E-state index contributed by atoms with van der Waals surface area (Å²) in [7, 11) is 0. The fourth-order valence-corrected chi connectivity index (χ4v) is 2.38. The van der Waals surface area contributed by atoms with E-state index < -0.39 is 6.10 Å². The van der Waals surface area contributed by atoms with Gasteiger partial charge in [0.05, 0.1) is 6.10 Å². The summed E-state index contributed by atoms with van der Waals surface area (Å²) in [4.78, 5) is 11.8. The van der Waals surface area contributed by atoms with E-state index in [1.54, 1.807) is 0 Å². The van der Waals surface area contributed by atoms with Crippen molar-refractivity contribution in [3.05, 3.63) is 12.2 Å². The highest BCUT2D eigenvalue weighted by Crippen LogP contribution is 2.43. The van der Waals surface area contributed by atoms with E-state index in [2.05, 4.69) is 20.4 Å². The van der Waals surface area contributed by atoms with Crippen molar-refractivity contribution in [2.24, 2.45) is 11.3 Å². The minimum Gasteiger partial charge on any atom is -0.389 e. The van der Waals surface area contributed by atoms with Crippen molar-refractivity contribution in [3.63, 3.8) is 0 Å². The van der Waals surface area contributed by atoms with E-state index in [0.29, 0.717) is 12.0 Å². The number of Topliss-reactive ketones (excluding diaryl/α,β-unsaturated/α-hetero) is 1. The summed E-state index contributed by atoms with van der Waals surface area (Å²) < 4.78 is 0. The zero-order valence-corrected chi connectivity index (χ0v) is 9.34. The lowest BCUT2D eigenvalue weighted by Crippen LogP contribution is -2.40. The molecule has 0 aliphatic heterocycles. The zero-order valence-electron chi connectivity index (χ0n) is 9.34. The molecule has 0 unspecified atom stereocenters. The number of hydrogen-bond acceptors (Lipinski definition) is 2. The van der Waals surface area contributed by atoms with E-state index in [1.807, 2.05) is 6.92 Å². The molecule has 0 amide bonds. The Labute approximate surface area is 86.0 Å². The molecule has 2 nitrogen and oxygen atoms in total. The minimum atomic E-state index is -0.483. The van der Waals surface area contributed by atoms with E-state index in [0.717, 1.165) is 12.8 Å². The quantitative estimate of drug-likeness (QED) is 0.688. The van der Waals surface area contributed by atoms with Gasteiger partial charge < -0.3 is 5.11 Å². The largest absolute Gasteiger partial charge is 0.389 e. The molecular formula is C12H20O2. The summed E-state index contributed by atoms with van der Waals surface area (Å²) in [5.41, 5.74) is 0.678. The number of hydrogen-bond donors (Lipinski definition) is 1. The van der Waals surface area contributed by atoms with Gasteiger partial charge in [0, 0.05) is 12.3 Å². The third-order valence-electron chi connectivity index (χ3n) is 3.31. The van der Waals surface area contributed by atoms with Gasteiger partial charge in [0.2, 0.25) is 0 Å². The molecule has 0 bridgehead atoms. The second-order valence-electron chi connectivity index (χ2n) is 4.87. The van der Waals surface area contributed by atoms with Crippen LogP contribution in [-0.4, -0.2) is 17.0 Å². The maximum Gasteiger partial charge on any atom is 0.140 e. The Bertz CT molecular complexity index is 253. The molecule has 0 aromatic rings. The van der Waals surface area contributed by atoms with Crippen LogP contribution < -0.4 is 0 Å². The van der Waals surface area contributed by atoms with Crippen molar-refractivity contribution in [1.29, 1.82) is 0 Å². The molecule has 80 valence electrons. The monoisotopic (exact) mass is 196 g/mol. The maximum atomic E-state index is 11.8. The molecule has 1 N–H and O–H groups in total. The molecule has 0 aromatic heterocycles. The lowest BCUT2D eigenvalue weighted by Gasteiger charge is -2.41. The predicted octanol–water partition coefficient (Wildman–Crippen LogP) is 2.32. The average Bonchev–Trinajstić information content (AvgIpc) is 2.11. The maximum absolute atomic E-state index is 11.8. The normalized spacial score (nSPS) is 31.6. The predicted molar refractivity (Wildman–Crippen MR) is 56.9 cm³/mol. The van der Waals surface area contributed by atoms with Crippen LogP contribution in [0.5, 0.6) is 0 Å². The van der Waals surface area contributed by atoms with Gasteiger partial charge in [-0.3, -0.25) is 4.79 Å². The van der Waals surface area contributed by atoms with E-state index >= 15 is 0 Å². The second kappa shape index (κ2) is 3.85. The molecule has 14 heavy (non-hydrogen) atoms. The number of carbonyl (C=O) groups excluding carboxylic acids is 1. The molecule has 1 saturated carbocycles. The van der Waals surface area contributed by atoms with Gasteiger partial charge >= 0.3 is 0 Å². The van der Waals surface area contributed by atoms with Crippen LogP contribution >= 0.6 is 0 Å². The third kappa shape index (κ3) is 1.90. The molecule has 0 saturated heterocycles. The van der Waals surface area contributed by atoms with Gasteiger partial charge in [0.1, 0.15) is 5.78 Å². The van der Waals surface area contributed by atoms with E-state index in [4.69, 9.17) is 0 Å². The summed E-state index contributed by atoms with van der Waals surface area (Å²) in [5.74, 6) is 0.0509. The number of ketones is 1. The number of aliphatic hydroxyl groups excluding tert-OH is 1. The topological polar surface area (TPSA) is 37.3 Å². The van der Waals surface area contributed by atoms with Gasteiger partial charge in [0.25, 0.3) is 0 Å². The van der Waals surface area contributed by atoms with Crippen molar-refractivity contribution in [2.75, 3.05) is 0 Å². The van der Waals surface area contributed by atoms with Crippen LogP contribution in [0.2, 0.25) is 0 Å². The fraction of sp³-hybridized carbons (Fsp3) is 0.750. The smallest absolute Gasteiger partial charge is 0.140 e. The number of rotatable bonds is 2. The average molecular weight is 196 g/mol. The fourth-order valence-electron chi connectivity index (χ4n) is 2.38. The third-order valence-corrected chi connectivity index (χ3v) is 3.31. The first kappa shape index (κ1) is 11.4. The highest BCUT2D eigenvalue weighted by molar-refractivity contribution is 5.84. The van der Waals surface area contributed by atoms with E-state index in [-0.39, 0.29) is 17.1 Å². The molecule has 1 fully saturated rings. The van der Waals surface area contributed by atoms with Crippen LogP contribution in [0.4, 0.5) is 0 Å². The Morgan fingerprint density at radius 2 is 2.21 bits per heavy atom. The minimum absolute atomic E-state index is 0.0383. The Morgan fingerprint density at radius 3 is 2.71 bits per heavy atom. The van der Waals surface area contributed by atoms with Crippen molar-refractivity contribution in [3.8, 4) is 0 Å². The summed E-state index contributed by atoms with van der Waals surface area (Å²) in [6.45, 7) is 9.91. The SMILES string of the molecule is C=C1[C@@H](C(=O)CC)C(C)(C)CC[C@H]1O. The number of aliphatic hydroxyl groups is 1. The van der Waals surface area contributed by atoms with Gasteiger partial charge in [0.15, 0.2) is 0 Å². The van der Waals surface area contributed by atoms with Crippen LogP contribution in [0.15, 0.2) is 12.2 Å². The zero-order chi connectivity index (χ0) is 10.9. The highest BCUT2D eigenvalue weighted by Gasteiger charge is 2.41. The highest BCUT2D eigenvalue weighted by atomic mass is 16.3. The van der Waals surface area contributed by atoms with Crippen LogP contribution in [0.3, 0.4) is 0 Å². The molecule has 0 aromatic carbocycles. The van der Waals surface area contributed by atoms with E-state index in [1.165, 1.54) is 0 Å². The van der Waals surface area contributed by atoms with Gasteiger partial charge in [-0.25, -0.2) is 0 Å². The van der Waals surface area contributed by atoms with Crippen LogP contribution in [0.25, 0.3) is 0 Å². The Kier molecular flexibility index (Phi) is 3.15. The molecule has 0 spiro atoms. The first-order valence-electron chi connectivity index (χ1n) is 5.29. The standard InChI is InChI=1S/C12H20O2/c1-5-9(13)11-8(2)10(14)6-7-12(11,3)4/h10-11,14H,2,5-7H2,1,3-4H3/t10-,11+/m1/s1. The molecule has 0 heterocycles. The Hall–Kier alpha value is -0.630. The van der Waals surface area contributed by atoms with Crippen LogP contribution in [0.1, 0.15) is 40.0 Å². The van der Waals surface area contributed by atoms with Crippen LogP contribution in [-0.2, 0) is 4.79 Å². The van der Waals surface area contributed by atoms with Gasteiger partial charge in [-0.1, -0.05) is 27.4 Å². The summed E-state index contributed by atoms with van der Waals surface area (Å²) >= 11 is 0. The molecule has 2 heteroatoms. The molecule has 0 radical (unpaired) electrons. The molecular weight excluding hydrogens is 176 g/mol. The van der Waals surface area contributed by atoms with Gasteiger partial charge in [-0.2, -0.15) is 0 Å². The molecule has 2 atom stereocenters. The molecule has 1 rings (SSSR count). The molecule has 1 aliphatic rings. The van der Waals surface area contributed by atoms with Crippen molar-refractivity contribution in [1.82, 2.24) is 0 Å². The summed E-state index contributed by atoms with van der Waals surface area (Å²) in [6.07, 6.45) is 1.67. The van der Waals surface area contributed by atoms with Crippen molar-refractivity contribution < 1.29 is 9.90 Å². The summed E-state index contributed by atoms with van der Waals surface area (Å²) in [5, 5.41) is 9.67. The van der Waals surface area contributed by atoms with E-state index in [9.17, 15) is 9.90 Å². The Morgan fingerprint density at radius 1 is 1.64 bits per heavy atom. The lowest BCUT2D eigenvalue weighted by molar-refractivity contribution is -0.126. The molecule has 1 aliphatic carbocycles. The van der Waals surface area contributed by atoms with Gasteiger partial charge in [-0.05, 0) is 23.8 Å². The van der Waals surface area contributed by atoms with Crippen molar-refractivity contribution >= 4 is 5.78 Å². The summed E-state index contributed by atoms with van der Waals surface area (Å²) in [6, 6.07) is 0.